The predicted octanol–water partition coefficient (Wildman–Crippen LogP) is 0.495. The molecule has 0 aromatic heterocycles. The van der Waals surface area contributed by atoms with Crippen LogP contribution in [0.4, 0.5) is 0 Å². The number of amides is 1. The van der Waals surface area contributed by atoms with Gasteiger partial charge in [-0.3, -0.25) is 4.79 Å². The lowest BCUT2D eigenvalue weighted by Crippen LogP contribution is -2.38. The van der Waals surface area contributed by atoms with E-state index in [0.29, 0.717) is 18.9 Å². The third-order valence-electron chi connectivity index (χ3n) is 2.80. The van der Waals surface area contributed by atoms with Gasteiger partial charge < -0.3 is 16.2 Å². The highest BCUT2D eigenvalue weighted by Gasteiger charge is 2.14. The fraction of sp³-hybridized carbons (Fsp3) is 0.909. The average molecular weight is 216 g/mol. The highest BCUT2D eigenvalue weighted by atomic mass is 16.3. The lowest BCUT2D eigenvalue weighted by Gasteiger charge is -2.19. The van der Waals surface area contributed by atoms with Crippen molar-refractivity contribution in [2.45, 2.75) is 39.7 Å². The molecule has 0 bridgehead atoms. The molecule has 0 aromatic carbocycles. The summed E-state index contributed by atoms with van der Waals surface area (Å²) in [5.41, 5.74) is 5.46. The molecule has 0 spiro atoms. The predicted molar refractivity (Wildman–Crippen MR) is 61.3 cm³/mol. The Hall–Kier alpha value is -0.610. The lowest BCUT2D eigenvalue weighted by molar-refractivity contribution is -0.122. The van der Waals surface area contributed by atoms with Gasteiger partial charge in [0.05, 0.1) is 0 Å². The Balaban J connectivity index is 3.73. The first-order chi connectivity index (χ1) is 7.01. The molecule has 3 atom stereocenters. The van der Waals surface area contributed by atoms with Gasteiger partial charge in [0.25, 0.3) is 0 Å². The van der Waals surface area contributed by atoms with Gasteiger partial charge in [-0.15, -0.1) is 0 Å². The fourth-order valence-electron chi connectivity index (χ4n) is 1.12. The zero-order valence-corrected chi connectivity index (χ0v) is 9.99. The molecule has 0 aliphatic rings. The van der Waals surface area contributed by atoms with Crippen molar-refractivity contribution in [3.8, 4) is 0 Å². The van der Waals surface area contributed by atoms with Crippen LogP contribution in [0, 0.1) is 11.8 Å². The van der Waals surface area contributed by atoms with Crippen LogP contribution < -0.4 is 11.1 Å². The maximum atomic E-state index is 11.5. The second-order valence-corrected chi connectivity index (χ2v) is 4.40. The summed E-state index contributed by atoms with van der Waals surface area (Å²) in [7, 11) is 0. The van der Waals surface area contributed by atoms with E-state index in [1.54, 1.807) is 0 Å². The fourth-order valence-corrected chi connectivity index (χ4v) is 1.12. The summed E-state index contributed by atoms with van der Waals surface area (Å²) in [4.78, 5) is 11.5. The van der Waals surface area contributed by atoms with E-state index in [1.165, 1.54) is 0 Å². The quantitative estimate of drug-likeness (QED) is 0.580. The Bertz CT molecular complexity index is 185. The third kappa shape index (κ3) is 6.47. The minimum Gasteiger partial charge on any atom is -0.396 e. The summed E-state index contributed by atoms with van der Waals surface area (Å²) in [5, 5.41) is 11.8. The van der Waals surface area contributed by atoms with Gasteiger partial charge in [-0.2, -0.15) is 0 Å². The molecule has 0 aliphatic carbocycles. The van der Waals surface area contributed by atoms with E-state index >= 15 is 0 Å². The first-order valence-electron chi connectivity index (χ1n) is 5.61. The Morgan fingerprint density at radius 2 is 2.00 bits per heavy atom. The largest absolute Gasteiger partial charge is 0.396 e. The van der Waals surface area contributed by atoms with Crippen LogP contribution in [0.2, 0.25) is 0 Å². The molecule has 0 fully saturated rings. The standard InChI is InChI=1S/C11H24N2O2/c1-8(6-12)4-5-11(15)13-10(3)9(2)7-14/h8-10,14H,4-7,12H2,1-3H3,(H,13,15). The zero-order valence-electron chi connectivity index (χ0n) is 9.99. The van der Waals surface area contributed by atoms with E-state index in [0.717, 1.165) is 6.42 Å². The molecule has 4 N–H and O–H groups in total. The molecule has 0 radical (unpaired) electrons. The molecule has 1 amide bonds. The Morgan fingerprint density at radius 1 is 1.40 bits per heavy atom. The summed E-state index contributed by atoms with van der Waals surface area (Å²) < 4.78 is 0. The first kappa shape index (κ1) is 14.4. The van der Waals surface area contributed by atoms with Crippen LogP contribution in [0.1, 0.15) is 33.6 Å². The maximum absolute atomic E-state index is 11.5. The van der Waals surface area contributed by atoms with Gasteiger partial charge in [0, 0.05) is 19.1 Å². The maximum Gasteiger partial charge on any atom is 0.220 e. The van der Waals surface area contributed by atoms with Gasteiger partial charge in [-0.1, -0.05) is 13.8 Å². The lowest BCUT2D eigenvalue weighted by atomic mass is 10.0. The van der Waals surface area contributed by atoms with Gasteiger partial charge in [-0.25, -0.2) is 0 Å². The molecule has 3 unspecified atom stereocenters. The van der Waals surface area contributed by atoms with Crippen molar-refractivity contribution in [3.63, 3.8) is 0 Å². The van der Waals surface area contributed by atoms with Gasteiger partial charge >= 0.3 is 0 Å². The second kappa shape index (κ2) is 7.65. The number of aliphatic hydroxyl groups is 1. The number of carbonyl (C=O) groups excluding carboxylic acids is 1. The van der Waals surface area contributed by atoms with Crippen LogP contribution in [0.5, 0.6) is 0 Å². The topological polar surface area (TPSA) is 75.4 Å². The normalized spacial score (nSPS) is 16.9. The Labute approximate surface area is 92.2 Å². The number of carbonyl (C=O) groups is 1. The molecule has 15 heavy (non-hydrogen) atoms. The zero-order chi connectivity index (χ0) is 11.8. The average Bonchev–Trinajstić information content (AvgIpc) is 2.24. The monoisotopic (exact) mass is 216 g/mol. The molecular formula is C11H24N2O2. The van der Waals surface area contributed by atoms with Crippen LogP contribution in [0.3, 0.4) is 0 Å². The summed E-state index contributed by atoms with van der Waals surface area (Å²) in [6.07, 6.45) is 1.34. The number of rotatable bonds is 7. The molecule has 4 heteroatoms. The molecule has 0 rings (SSSR count). The minimum absolute atomic E-state index is 0.0238. The van der Waals surface area contributed by atoms with Crippen LogP contribution >= 0.6 is 0 Å². The summed E-state index contributed by atoms with van der Waals surface area (Å²) in [6.45, 7) is 6.57. The summed E-state index contributed by atoms with van der Waals surface area (Å²) in [5.74, 6) is 0.533. The van der Waals surface area contributed by atoms with Crippen molar-refractivity contribution >= 4 is 5.91 Å². The molecule has 0 saturated heterocycles. The number of hydrogen-bond acceptors (Lipinski definition) is 3. The molecule has 0 saturated carbocycles. The van der Waals surface area contributed by atoms with Gasteiger partial charge in [0.15, 0.2) is 0 Å². The third-order valence-corrected chi connectivity index (χ3v) is 2.80. The van der Waals surface area contributed by atoms with Crippen LogP contribution in [0.25, 0.3) is 0 Å². The van der Waals surface area contributed by atoms with E-state index in [9.17, 15) is 4.79 Å². The molecule has 0 aliphatic heterocycles. The highest BCUT2D eigenvalue weighted by Crippen LogP contribution is 2.05. The van der Waals surface area contributed by atoms with Crippen molar-refractivity contribution in [1.82, 2.24) is 5.32 Å². The molecule has 0 heterocycles. The van der Waals surface area contributed by atoms with E-state index in [1.807, 2.05) is 20.8 Å². The molecular weight excluding hydrogens is 192 g/mol. The van der Waals surface area contributed by atoms with Crippen LogP contribution in [-0.2, 0) is 4.79 Å². The van der Waals surface area contributed by atoms with E-state index in [2.05, 4.69) is 5.32 Å². The van der Waals surface area contributed by atoms with Crippen molar-refractivity contribution in [3.05, 3.63) is 0 Å². The Kier molecular flexibility index (Phi) is 7.34. The number of hydrogen-bond donors (Lipinski definition) is 3. The van der Waals surface area contributed by atoms with Gasteiger partial charge in [-0.05, 0) is 31.7 Å². The number of nitrogens with two attached hydrogens (primary N) is 1. The molecule has 4 nitrogen and oxygen atoms in total. The van der Waals surface area contributed by atoms with E-state index in [4.69, 9.17) is 10.8 Å². The van der Waals surface area contributed by atoms with Gasteiger partial charge in [0.2, 0.25) is 5.91 Å². The SMILES string of the molecule is CC(CN)CCC(=O)NC(C)C(C)CO. The smallest absolute Gasteiger partial charge is 0.220 e. The molecule has 90 valence electrons. The second-order valence-electron chi connectivity index (χ2n) is 4.40. The van der Waals surface area contributed by atoms with E-state index < -0.39 is 0 Å². The minimum atomic E-state index is 0.0238. The van der Waals surface area contributed by atoms with Crippen LogP contribution in [-0.4, -0.2) is 30.2 Å². The summed E-state index contributed by atoms with van der Waals surface area (Å²) in [6, 6.07) is 0.0238. The van der Waals surface area contributed by atoms with Crippen molar-refractivity contribution < 1.29 is 9.90 Å². The van der Waals surface area contributed by atoms with Crippen LogP contribution in [0.15, 0.2) is 0 Å². The number of nitrogens with one attached hydrogen (secondary N) is 1. The first-order valence-corrected chi connectivity index (χ1v) is 5.61. The van der Waals surface area contributed by atoms with E-state index in [-0.39, 0.29) is 24.5 Å². The number of aliphatic hydroxyl groups excluding tert-OH is 1. The summed E-state index contributed by atoms with van der Waals surface area (Å²) >= 11 is 0. The van der Waals surface area contributed by atoms with Crippen molar-refractivity contribution in [2.75, 3.05) is 13.2 Å². The van der Waals surface area contributed by atoms with Crippen molar-refractivity contribution in [2.24, 2.45) is 17.6 Å². The highest BCUT2D eigenvalue weighted by molar-refractivity contribution is 5.76. The molecule has 0 aromatic rings. The Morgan fingerprint density at radius 3 is 2.47 bits per heavy atom. The van der Waals surface area contributed by atoms with Gasteiger partial charge in [0.1, 0.15) is 0 Å². The van der Waals surface area contributed by atoms with Crippen molar-refractivity contribution in [1.29, 1.82) is 0 Å².